The summed E-state index contributed by atoms with van der Waals surface area (Å²) in [5.74, 6) is 0.672. The molecule has 6 nitrogen and oxygen atoms in total. The van der Waals surface area contributed by atoms with Gasteiger partial charge >= 0.3 is 0 Å². The van der Waals surface area contributed by atoms with Crippen LogP contribution in [0.25, 0.3) is 0 Å². The second-order valence-corrected chi connectivity index (χ2v) is 7.18. The van der Waals surface area contributed by atoms with Crippen LogP contribution in [0.4, 0.5) is 0 Å². The van der Waals surface area contributed by atoms with Gasteiger partial charge < -0.3 is 15.0 Å². The first-order chi connectivity index (χ1) is 10.5. The van der Waals surface area contributed by atoms with Gasteiger partial charge in [-0.1, -0.05) is 0 Å². The van der Waals surface area contributed by atoms with Gasteiger partial charge in [0.1, 0.15) is 5.75 Å². The van der Waals surface area contributed by atoms with E-state index in [9.17, 15) is 8.42 Å². The molecule has 0 aromatic heterocycles. The van der Waals surface area contributed by atoms with Crippen molar-refractivity contribution in [3.63, 3.8) is 0 Å². The molecular weight excluding hydrogens is 322 g/mol. The molecular formula is C14H21N3O3S2. The highest BCUT2D eigenvalue weighted by atomic mass is 32.2. The average molecular weight is 343 g/mol. The van der Waals surface area contributed by atoms with Crippen molar-refractivity contribution in [1.29, 1.82) is 0 Å². The number of benzene rings is 1. The predicted octanol–water partition coefficient (Wildman–Crippen LogP) is 0.896. The first kappa shape index (κ1) is 17.0. The second-order valence-electron chi connectivity index (χ2n) is 4.85. The molecule has 122 valence electrons. The van der Waals surface area contributed by atoms with Crippen LogP contribution in [-0.4, -0.2) is 62.6 Å². The number of rotatable bonds is 4. The Labute approximate surface area is 137 Å². The molecule has 0 unspecified atom stereocenters. The summed E-state index contributed by atoms with van der Waals surface area (Å²) in [6.07, 6.45) is 0. The Kier molecular flexibility index (Phi) is 5.60. The van der Waals surface area contributed by atoms with E-state index in [4.69, 9.17) is 17.0 Å². The van der Waals surface area contributed by atoms with E-state index in [-0.39, 0.29) is 0 Å². The molecule has 22 heavy (non-hydrogen) atoms. The van der Waals surface area contributed by atoms with Crippen molar-refractivity contribution < 1.29 is 13.2 Å². The number of nitrogens with one attached hydrogen (secondary N) is 1. The third-order valence-electron chi connectivity index (χ3n) is 3.51. The lowest BCUT2D eigenvalue weighted by Crippen LogP contribution is -2.52. The summed E-state index contributed by atoms with van der Waals surface area (Å²) in [5, 5.41) is 3.56. The number of piperazine rings is 1. The summed E-state index contributed by atoms with van der Waals surface area (Å²) in [4.78, 5) is 2.26. The fourth-order valence-electron chi connectivity index (χ4n) is 2.31. The molecule has 0 amide bonds. The van der Waals surface area contributed by atoms with Gasteiger partial charge in [0, 0.05) is 33.2 Å². The molecule has 0 aliphatic carbocycles. The van der Waals surface area contributed by atoms with E-state index < -0.39 is 10.0 Å². The Bertz CT molecular complexity index is 609. The maximum atomic E-state index is 12.6. The van der Waals surface area contributed by atoms with Crippen LogP contribution in [0.1, 0.15) is 6.92 Å². The zero-order valence-electron chi connectivity index (χ0n) is 12.8. The van der Waals surface area contributed by atoms with Gasteiger partial charge in [-0.3, -0.25) is 0 Å². The lowest BCUT2D eigenvalue weighted by atomic mass is 10.3. The number of nitrogens with zero attached hydrogens (tertiary/aromatic N) is 2. The van der Waals surface area contributed by atoms with Crippen molar-refractivity contribution in [1.82, 2.24) is 14.5 Å². The van der Waals surface area contributed by atoms with Crippen molar-refractivity contribution in [3.8, 4) is 5.75 Å². The van der Waals surface area contributed by atoms with Gasteiger partial charge in [-0.05, 0) is 43.4 Å². The summed E-state index contributed by atoms with van der Waals surface area (Å²) >= 11 is 5.17. The van der Waals surface area contributed by atoms with E-state index in [1.807, 2.05) is 11.8 Å². The highest BCUT2D eigenvalue weighted by Crippen LogP contribution is 2.20. The Morgan fingerprint density at radius 1 is 1.23 bits per heavy atom. The van der Waals surface area contributed by atoms with Crippen LogP contribution in [0, 0.1) is 0 Å². The molecule has 2 rings (SSSR count). The summed E-state index contributed by atoms with van der Waals surface area (Å²) in [5.41, 5.74) is 0. The van der Waals surface area contributed by atoms with Crippen molar-refractivity contribution in [3.05, 3.63) is 24.3 Å². The van der Waals surface area contributed by atoms with Gasteiger partial charge in [-0.15, -0.1) is 0 Å². The molecule has 1 aromatic carbocycles. The standard InChI is InChI=1S/C14H21N3O3S2/c1-3-20-12-4-6-13(7-5-12)22(18,19)17-10-8-16(9-11-17)14(21)15-2/h4-7H,3,8-11H2,1-2H3,(H,15,21). The summed E-state index contributed by atoms with van der Waals surface area (Å²) in [6.45, 7) is 4.49. The molecule has 8 heteroatoms. The zero-order chi connectivity index (χ0) is 16.2. The Morgan fingerprint density at radius 2 is 1.82 bits per heavy atom. The van der Waals surface area contributed by atoms with Gasteiger partial charge in [0.15, 0.2) is 5.11 Å². The van der Waals surface area contributed by atoms with Crippen LogP contribution in [-0.2, 0) is 10.0 Å². The first-order valence-corrected chi connectivity index (χ1v) is 9.03. The van der Waals surface area contributed by atoms with Crippen LogP contribution in [0.5, 0.6) is 5.75 Å². The van der Waals surface area contributed by atoms with E-state index in [0.29, 0.717) is 48.5 Å². The monoisotopic (exact) mass is 343 g/mol. The van der Waals surface area contributed by atoms with E-state index >= 15 is 0 Å². The molecule has 1 N–H and O–H groups in total. The Balaban J connectivity index is 2.06. The van der Waals surface area contributed by atoms with Gasteiger partial charge in [0.05, 0.1) is 11.5 Å². The van der Waals surface area contributed by atoms with Gasteiger partial charge in [-0.2, -0.15) is 4.31 Å². The molecule has 0 saturated carbocycles. The lowest BCUT2D eigenvalue weighted by molar-refractivity contribution is 0.265. The van der Waals surface area contributed by atoms with Crippen molar-refractivity contribution in [2.75, 3.05) is 39.8 Å². The fourth-order valence-corrected chi connectivity index (χ4v) is 3.92. The maximum Gasteiger partial charge on any atom is 0.243 e. The van der Waals surface area contributed by atoms with Crippen molar-refractivity contribution in [2.45, 2.75) is 11.8 Å². The number of hydrogen-bond donors (Lipinski definition) is 1. The molecule has 1 saturated heterocycles. The van der Waals surface area contributed by atoms with Crippen LogP contribution in [0.15, 0.2) is 29.2 Å². The minimum atomic E-state index is -3.46. The molecule has 1 aliphatic rings. The number of thiocarbonyl (C=S) groups is 1. The minimum Gasteiger partial charge on any atom is -0.494 e. The largest absolute Gasteiger partial charge is 0.494 e. The molecule has 0 radical (unpaired) electrons. The minimum absolute atomic E-state index is 0.292. The zero-order valence-corrected chi connectivity index (χ0v) is 14.4. The molecule has 1 heterocycles. The number of ether oxygens (including phenoxy) is 1. The molecule has 0 spiro atoms. The number of hydrogen-bond acceptors (Lipinski definition) is 4. The van der Waals surface area contributed by atoms with E-state index in [1.54, 1.807) is 31.3 Å². The fraction of sp³-hybridized carbons (Fsp3) is 0.500. The normalized spacial score (nSPS) is 16.4. The predicted molar refractivity (Wildman–Crippen MR) is 89.6 cm³/mol. The van der Waals surface area contributed by atoms with Crippen molar-refractivity contribution >= 4 is 27.4 Å². The van der Waals surface area contributed by atoms with Gasteiger partial charge in [-0.25, -0.2) is 8.42 Å². The maximum absolute atomic E-state index is 12.6. The van der Waals surface area contributed by atoms with Gasteiger partial charge in [0.2, 0.25) is 10.0 Å². The quantitative estimate of drug-likeness (QED) is 0.820. The molecule has 0 atom stereocenters. The van der Waals surface area contributed by atoms with Crippen LogP contribution in [0.2, 0.25) is 0 Å². The third-order valence-corrected chi connectivity index (χ3v) is 5.89. The molecule has 1 aromatic rings. The summed E-state index contributed by atoms with van der Waals surface area (Å²) in [7, 11) is -1.69. The number of sulfonamides is 1. The smallest absolute Gasteiger partial charge is 0.243 e. The second kappa shape index (κ2) is 7.26. The third kappa shape index (κ3) is 3.68. The lowest BCUT2D eigenvalue weighted by Gasteiger charge is -2.35. The summed E-state index contributed by atoms with van der Waals surface area (Å²) < 4.78 is 32.1. The molecule has 1 aliphatic heterocycles. The SMILES string of the molecule is CCOc1ccc(S(=O)(=O)N2CCN(C(=S)NC)CC2)cc1. The highest BCUT2D eigenvalue weighted by molar-refractivity contribution is 7.89. The van der Waals surface area contributed by atoms with Crippen LogP contribution < -0.4 is 10.1 Å². The Morgan fingerprint density at radius 3 is 2.32 bits per heavy atom. The molecule has 1 fully saturated rings. The first-order valence-electron chi connectivity index (χ1n) is 7.18. The van der Waals surface area contributed by atoms with E-state index in [2.05, 4.69) is 5.32 Å². The van der Waals surface area contributed by atoms with Crippen LogP contribution in [0.3, 0.4) is 0 Å². The van der Waals surface area contributed by atoms with Crippen molar-refractivity contribution in [2.24, 2.45) is 0 Å². The van der Waals surface area contributed by atoms with Crippen LogP contribution >= 0.6 is 12.2 Å². The molecule has 0 bridgehead atoms. The van der Waals surface area contributed by atoms with Gasteiger partial charge in [0.25, 0.3) is 0 Å². The Hall–Kier alpha value is -1.38. The summed E-state index contributed by atoms with van der Waals surface area (Å²) in [6, 6.07) is 6.54. The highest BCUT2D eigenvalue weighted by Gasteiger charge is 2.28. The van der Waals surface area contributed by atoms with E-state index in [1.165, 1.54) is 4.31 Å². The average Bonchev–Trinajstić information content (AvgIpc) is 2.55. The topological polar surface area (TPSA) is 61.9 Å². The van der Waals surface area contributed by atoms with E-state index in [0.717, 1.165) is 0 Å².